The lowest BCUT2D eigenvalue weighted by Gasteiger charge is -2.30. The molecule has 20 heavy (non-hydrogen) atoms. The standard InChI is InChI=1S/C18H28N2/c1-3-14-7-9-15(10-8-14)13(2)20-11-16-5-4-6-18(19)17(16)12-20/h7-10,13,16-18H,3-6,11-12,19H2,1-2H3. The van der Waals surface area contributed by atoms with Gasteiger partial charge in [0.1, 0.15) is 0 Å². The van der Waals surface area contributed by atoms with Crippen molar-refractivity contribution in [3.05, 3.63) is 35.4 Å². The molecule has 0 radical (unpaired) electrons. The van der Waals surface area contributed by atoms with Gasteiger partial charge in [0.15, 0.2) is 0 Å². The lowest BCUT2D eigenvalue weighted by Crippen LogP contribution is -2.38. The molecule has 110 valence electrons. The maximum atomic E-state index is 6.33. The SMILES string of the molecule is CCc1ccc(C(C)N2CC3CCCC(N)C3C2)cc1. The smallest absolute Gasteiger partial charge is 0.0320 e. The van der Waals surface area contributed by atoms with Gasteiger partial charge in [0.2, 0.25) is 0 Å². The molecule has 4 unspecified atom stereocenters. The quantitative estimate of drug-likeness (QED) is 0.914. The molecule has 1 aromatic carbocycles. The number of aryl methyl sites for hydroxylation is 1. The van der Waals surface area contributed by atoms with E-state index in [1.165, 1.54) is 43.5 Å². The van der Waals surface area contributed by atoms with E-state index in [0.717, 1.165) is 18.3 Å². The predicted octanol–water partition coefficient (Wildman–Crippen LogP) is 3.37. The van der Waals surface area contributed by atoms with E-state index in [0.29, 0.717) is 12.1 Å². The summed E-state index contributed by atoms with van der Waals surface area (Å²) in [6, 6.07) is 10.1. The Morgan fingerprint density at radius 2 is 1.95 bits per heavy atom. The van der Waals surface area contributed by atoms with Gasteiger partial charge >= 0.3 is 0 Å². The van der Waals surface area contributed by atoms with E-state index in [-0.39, 0.29) is 0 Å². The fourth-order valence-electron chi connectivity index (χ4n) is 4.11. The molecule has 4 atom stereocenters. The highest BCUT2D eigenvalue weighted by atomic mass is 15.2. The van der Waals surface area contributed by atoms with Crippen molar-refractivity contribution < 1.29 is 0 Å². The molecule has 3 rings (SSSR count). The van der Waals surface area contributed by atoms with E-state index in [9.17, 15) is 0 Å². The number of rotatable bonds is 3. The van der Waals surface area contributed by atoms with Crippen molar-refractivity contribution in [1.29, 1.82) is 0 Å². The van der Waals surface area contributed by atoms with E-state index in [1.54, 1.807) is 0 Å². The van der Waals surface area contributed by atoms with Crippen LogP contribution in [0.25, 0.3) is 0 Å². The van der Waals surface area contributed by atoms with E-state index >= 15 is 0 Å². The Balaban J connectivity index is 1.69. The molecule has 2 aliphatic rings. The highest BCUT2D eigenvalue weighted by Crippen LogP contribution is 2.38. The van der Waals surface area contributed by atoms with Crippen molar-refractivity contribution in [2.45, 2.75) is 51.6 Å². The summed E-state index contributed by atoms with van der Waals surface area (Å²) in [5, 5.41) is 0. The number of nitrogens with zero attached hydrogens (tertiary/aromatic N) is 1. The summed E-state index contributed by atoms with van der Waals surface area (Å²) in [4.78, 5) is 2.65. The summed E-state index contributed by atoms with van der Waals surface area (Å²) in [7, 11) is 0. The summed E-state index contributed by atoms with van der Waals surface area (Å²) in [6.07, 6.45) is 5.07. The average Bonchev–Trinajstić information content (AvgIpc) is 2.92. The number of fused-ring (bicyclic) bond motifs is 1. The van der Waals surface area contributed by atoms with E-state index in [1.807, 2.05) is 0 Å². The molecule has 1 aliphatic carbocycles. The average molecular weight is 272 g/mol. The van der Waals surface area contributed by atoms with Crippen LogP contribution >= 0.6 is 0 Å². The molecule has 0 bridgehead atoms. The van der Waals surface area contributed by atoms with Crippen molar-refractivity contribution in [3.8, 4) is 0 Å². The van der Waals surface area contributed by atoms with Gasteiger partial charge in [-0.25, -0.2) is 0 Å². The predicted molar refractivity (Wildman–Crippen MR) is 84.6 cm³/mol. The van der Waals surface area contributed by atoms with Crippen molar-refractivity contribution in [3.63, 3.8) is 0 Å². The summed E-state index contributed by atoms with van der Waals surface area (Å²) >= 11 is 0. The van der Waals surface area contributed by atoms with Crippen molar-refractivity contribution in [2.24, 2.45) is 17.6 Å². The third kappa shape index (κ3) is 2.64. The van der Waals surface area contributed by atoms with Gasteiger partial charge in [-0.05, 0) is 49.1 Å². The topological polar surface area (TPSA) is 29.3 Å². The lowest BCUT2D eigenvalue weighted by molar-refractivity contribution is 0.245. The monoisotopic (exact) mass is 272 g/mol. The van der Waals surface area contributed by atoms with Crippen molar-refractivity contribution in [2.75, 3.05) is 13.1 Å². The summed E-state index contributed by atoms with van der Waals surface area (Å²) in [6.45, 7) is 7.01. The Morgan fingerprint density at radius 3 is 2.60 bits per heavy atom. The van der Waals surface area contributed by atoms with Gasteiger partial charge < -0.3 is 5.73 Å². The third-order valence-electron chi connectivity index (χ3n) is 5.60. The van der Waals surface area contributed by atoms with Crippen LogP contribution in [0.5, 0.6) is 0 Å². The van der Waals surface area contributed by atoms with Crippen LogP contribution in [0.3, 0.4) is 0 Å². The normalized spacial score (nSPS) is 32.0. The summed E-state index contributed by atoms with van der Waals surface area (Å²) in [5.41, 5.74) is 9.21. The molecular weight excluding hydrogens is 244 g/mol. The second-order valence-electron chi connectivity index (χ2n) is 6.74. The highest BCUT2D eigenvalue weighted by molar-refractivity contribution is 5.25. The first-order valence-corrected chi connectivity index (χ1v) is 8.27. The Kier molecular flexibility index (Phi) is 4.13. The Bertz CT molecular complexity index is 439. The van der Waals surface area contributed by atoms with Gasteiger partial charge in [0.05, 0.1) is 0 Å². The zero-order chi connectivity index (χ0) is 14.1. The van der Waals surface area contributed by atoms with Gasteiger partial charge in [-0.3, -0.25) is 4.90 Å². The van der Waals surface area contributed by atoms with E-state index in [2.05, 4.69) is 43.0 Å². The van der Waals surface area contributed by atoms with E-state index in [4.69, 9.17) is 5.73 Å². The molecule has 2 heteroatoms. The molecule has 0 amide bonds. The molecule has 2 nitrogen and oxygen atoms in total. The summed E-state index contributed by atoms with van der Waals surface area (Å²) < 4.78 is 0. The minimum atomic E-state index is 0.438. The van der Waals surface area contributed by atoms with Crippen LogP contribution in [0.2, 0.25) is 0 Å². The number of nitrogens with two attached hydrogens (primary N) is 1. The number of hydrogen-bond acceptors (Lipinski definition) is 2. The zero-order valence-electron chi connectivity index (χ0n) is 12.9. The molecule has 1 saturated heterocycles. The highest BCUT2D eigenvalue weighted by Gasteiger charge is 2.40. The molecule has 2 fully saturated rings. The van der Waals surface area contributed by atoms with Gasteiger partial charge in [-0.2, -0.15) is 0 Å². The second kappa shape index (κ2) is 5.87. The maximum Gasteiger partial charge on any atom is 0.0320 e. The fourth-order valence-corrected chi connectivity index (χ4v) is 4.11. The molecule has 1 saturated carbocycles. The molecule has 0 aromatic heterocycles. The van der Waals surface area contributed by atoms with Crippen LogP contribution in [-0.4, -0.2) is 24.0 Å². The molecular formula is C18H28N2. The Hall–Kier alpha value is -0.860. The van der Waals surface area contributed by atoms with Gasteiger partial charge in [0, 0.05) is 25.2 Å². The minimum Gasteiger partial charge on any atom is -0.327 e. The van der Waals surface area contributed by atoms with Crippen LogP contribution in [0.1, 0.15) is 50.3 Å². The lowest BCUT2D eigenvalue weighted by atomic mass is 9.78. The first kappa shape index (κ1) is 14.1. The third-order valence-corrected chi connectivity index (χ3v) is 5.60. The van der Waals surface area contributed by atoms with E-state index < -0.39 is 0 Å². The summed E-state index contributed by atoms with van der Waals surface area (Å²) in [5.74, 6) is 1.58. The largest absolute Gasteiger partial charge is 0.327 e. The van der Waals surface area contributed by atoms with Gasteiger partial charge in [-0.15, -0.1) is 0 Å². The molecule has 0 spiro atoms. The van der Waals surface area contributed by atoms with Crippen LogP contribution in [0, 0.1) is 11.8 Å². The van der Waals surface area contributed by atoms with Crippen LogP contribution < -0.4 is 5.73 Å². The van der Waals surface area contributed by atoms with Crippen LogP contribution in [0.4, 0.5) is 0 Å². The second-order valence-corrected chi connectivity index (χ2v) is 6.74. The van der Waals surface area contributed by atoms with Crippen LogP contribution in [-0.2, 0) is 6.42 Å². The van der Waals surface area contributed by atoms with Gasteiger partial charge in [-0.1, -0.05) is 37.6 Å². The molecule has 1 aromatic rings. The first-order valence-electron chi connectivity index (χ1n) is 8.27. The minimum absolute atomic E-state index is 0.438. The van der Waals surface area contributed by atoms with Gasteiger partial charge in [0.25, 0.3) is 0 Å². The fraction of sp³-hybridized carbons (Fsp3) is 0.667. The number of likely N-dealkylation sites (tertiary alicyclic amines) is 1. The number of hydrogen-bond donors (Lipinski definition) is 1. The number of benzene rings is 1. The Morgan fingerprint density at radius 1 is 1.20 bits per heavy atom. The first-order chi connectivity index (χ1) is 9.69. The molecule has 1 heterocycles. The zero-order valence-corrected chi connectivity index (χ0v) is 12.9. The maximum absolute atomic E-state index is 6.33. The van der Waals surface area contributed by atoms with Crippen molar-refractivity contribution >= 4 is 0 Å². The molecule has 2 N–H and O–H groups in total. The molecule has 1 aliphatic heterocycles. The van der Waals surface area contributed by atoms with Crippen molar-refractivity contribution in [1.82, 2.24) is 4.90 Å². The Labute approximate surface area is 123 Å². The van der Waals surface area contributed by atoms with Crippen LogP contribution in [0.15, 0.2) is 24.3 Å².